The number of nitrogens with zero attached hydrogens (tertiary/aromatic N) is 2. The maximum absolute atomic E-state index is 12.9. The van der Waals surface area contributed by atoms with E-state index in [1.165, 1.54) is 12.0 Å². The summed E-state index contributed by atoms with van der Waals surface area (Å²) in [5, 5.41) is 3.41. The van der Waals surface area contributed by atoms with E-state index in [2.05, 4.69) is 30.4 Å². The molecule has 0 bridgehead atoms. The Balaban J connectivity index is 0.00000132. The van der Waals surface area contributed by atoms with Crippen molar-refractivity contribution in [3.63, 3.8) is 0 Å². The first-order valence-corrected chi connectivity index (χ1v) is 7.98. The van der Waals surface area contributed by atoms with Gasteiger partial charge < -0.3 is 15.1 Å². The Morgan fingerprint density at radius 3 is 2.78 bits per heavy atom. The zero-order chi connectivity index (χ0) is 14.8. The average Bonchev–Trinajstić information content (AvgIpc) is 2.53. The summed E-state index contributed by atoms with van der Waals surface area (Å²) in [5.41, 5.74) is 3.26. The van der Waals surface area contributed by atoms with Gasteiger partial charge in [-0.05, 0) is 57.5 Å². The van der Waals surface area contributed by atoms with Crippen molar-refractivity contribution in [2.75, 3.05) is 39.0 Å². The maximum atomic E-state index is 12.9. The number of fused-ring (bicyclic) bond motifs is 1. The van der Waals surface area contributed by atoms with Crippen LogP contribution in [0.5, 0.6) is 0 Å². The van der Waals surface area contributed by atoms with E-state index in [9.17, 15) is 4.79 Å². The molecule has 2 aliphatic heterocycles. The molecule has 1 N–H and O–H groups in total. The molecule has 4 nitrogen and oxygen atoms in total. The summed E-state index contributed by atoms with van der Waals surface area (Å²) in [6.45, 7) is 2.75. The lowest BCUT2D eigenvalue weighted by Crippen LogP contribution is -2.47. The summed E-state index contributed by atoms with van der Waals surface area (Å²) in [6, 6.07) is 6.57. The molecule has 0 aromatic heterocycles. The van der Waals surface area contributed by atoms with Gasteiger partial charge in [0.15, 0.2) is 0 Å². The van der Waals surface area contributed by atoms with Gasteiger partial charge in [0.1, 0.15) is 0 Å². The second kappa shape index (κ2) is 8.76. The Kier molecular flexibility index (Phi) is 7.65. The first-order valence-electron chi connectivity index (χ1n) is 7.98. The van der Waals surface area contributed by atoms with E-state index in [0.717, 1.165) is 50.1 Å². The normalized spacial score (nSPS) is 20.0. The molecular weight excluding hydrogens is 333 g/mol. The monoisotopic (exact) mass is 359 g/mol. The molecule has 0 aliphatic carbocycles. The second-order valence-corrected chi connectivity index (χ2v) is 6.37. The van der Waals surface area contributed by atoms with Crippen LogP contribution in [0.3, 0.4) is 0 Å². The van der Waals surface area contributed by atoms with E-state index in [1.54, 1.807) is 0 Å². The number of amides is 1. The molecule has 1 unspecified atom stereocenters. The van der Waals surface area contributed by atoms with Gasteiger partial charge >= 0.3 is 0 Å². The molecule has 1 aromatic carbocycles. The lowest BCUT2D eigenvalue weighted by molar-refractivity contribution is 0.0634. The van der Waals surface area contributed by atoms with Crippen molar-refractivity contribution in [1.29, 1.82) is 0 Å². The Hall–Kier alpha value is -0.970. The van der Waals surface area contributed by atoms with Gasteiger partial charge in [0.2, 0.25) is 0 Å². The van der Waals surface area contributed by atoms with Crippen LogP contribution in [0.2, 0.25) is 0 Å². The highest BCUT2D eigenvalue weighted by atomic mass is 35.5. The number of likely N-dealkylation sites (N-methyl/N-ethyl adjacent to an activating group) is 1. The molecule has 1 aromatic rings. The van der Waals surface area contributed by atoms with Gasteiger partial charge in [-0.15, -0.1) is 24.8 Å². The third-order valence-electron chi connectivity index (χ3n) is 4.74. The quantitative estimate of drug-likeness (QED) is 0.881. The Labute approximate surface area is 151 Å². The lowest BCUT2D eigenvalue weighted by atomic mass is 9.95. The van der Waals surface area contributed by atoms with E-state index < -0.39 is 0 Å². The summed E-state index contributed by atoms with van der Waals surface area (Å²) in [5.74, 6) is 0.210. The first-order chi connectivity index (χ1) is 10.2. The molecule has 0 spiro atoms. The van der Waals surface area contributed by atoms with Crippen molar-refractivity contribution in [3.05, 3.63) is 29.3 Å². The molecule has 6 heteroatoms. The van der Waals surface area contributed by atoms with Crippen LogP contribution in [-0.4, -0.2) is 55.5 Å². The molecule has 1 atom stereocenters. The van der Waals surface area contributed by atoms with Gasteiger partial charge in [-0.3, -0.25) is 4.79 Å². The summed E-state index contributed by atoms with van der Waals surface area (Å²) in [4.78, 5) is 17.2. The van der Waals surface area contributed by atoms with Crippen molar-refractivity contribution < 1.29 is 4.79 Å². The number of hydrogen-bond donors (Lipinski definition) is 1. The van der Waals surface area contributed by atoms with E-state index in [0.29, 0.717) is 6.04 Å². The van der Waals surface area contributed by atoms with Crippen molar-refractivity contribution in [1.82, 2.24) is 9.80 Å². The molecule has 1 saturated heterocycles. The van der Waals surface area contributed by atoms with Gasteiger partial charge in [0.25, 0.3) is 5.91 Å². The fourth-order valence-corrected chi connectivity index (χ4v) is 3.44. The third kappa shape index (κ3) is 4.31. The minimum absolute atomic E-state index is 0. The van der Waals surface area contributed by atoms with Crippen LogP contribution in [0.4, 0.5) is 5.69 Å². The number of rotatable bonds is 2. The molecule has 2 heterocycles. The van der Waals surface area contributed by atoms with Gasteiger partial charge in [0.05, 0.1) is 0 Å². The molecule has 23 heavy (non-hydrogen) atoms. The number of hydrogen-bond acceptors (Lipinski definition) is 3. The number of anilines is 1. The molecule has 0 radical (unpaired) electrons. The summed E-state index contributed by atoms with van der Waals surface area (Å²) in [6.07, 6.45) is 4.40. The molecule has 0 saturated carbocycles. The van der Waals surface area contributed by atoms with Gasteiger partial charge in [-0.1, -0.05) is 6.07 Å². The maximum Gasteiger partial charge on any atom is 0.254 e. The van der Waals surface area contributed by atoms with E-state index >= 15 is 0 Å². The third-order valence-corrected chi connectivity index (χ3v) is 4.74. The zero-order valence-electron chi connectivity index (χ0n) is 13.9. The SMILES string of the molecule is CN(C)C1CCCN(C(=O)c2cccc3c2CCCN3)C1.Cl.Cl. The smallest absolute Gasteiger partial charge is 0.254 e. The van der Waals surface area contributed by atoms with Crippen molar-refractivity contribution in [3.8, 4) is 0 Å². The van der Waals surface area contributed by atoms with Crippen LogP contribution < -0.4 is 5.32 Å². The van der Waals surface area contributed by atoms with Crippen molar-refractivity contribution >= 4 is 36.4 Å². The Bertz CT molecular complexity index is 537. The van der Waals surface area contributed by atoms with E-state index in [1.807, 2.05) is 17.0 Å². The molecule has 2 aliphatic rings. The average molecular weight is 360 g/mol. The van der Waals surface area contributed by atoms with Crippen molar-refractivity contribution in [2.45, 2.75) is 31.7 Å². The van der Waals surface area contributed by atoms with Crippen LogP contribution in [0.1, 0.15) is 35.2 Å². The zero-order valence-corrected chi connectivity index (χ0v) is 15.5. The van der Waals surface area contributed by atoms with Gasteiger partial charge in [-0.25, -0.2) is 0 Å². The minimum atomic E-state index is 0. The van der Waals surface area contributed by atoms with Crippen LogP contribution in [0.15, 0.2) is 18.2 Å². The number of benzene rings is 1. The number of carbonyl (C=O) groups is 1. The standard InChI is InChI=1S/C17H25N3O.2ClH/c1-19(2)13-6-5-11-20(12-13)17(21)15-7-3-9-16-14(15)8-4-10-18-16;;/h3,7,9,13,18H,4-6,8,10-12H2,1-2H3;2*1H. The van der Waals surface area contributed by atoms with Gasteiger partial charge in [-0.2, -0.15) is 0 Å². The topological polar surface area (TPSA) is 35.6 Å². The highest BCUT2D eigenvalue weighted by Gasteiger charge is 2.27. The van der Waals surface area contributed by atoms with E-state index in [4.69, 9.17) is 0 Å². The largest absolute Gasteiger partial charge is 0.385 e. The summed E-state index contributed by atoms with van der Waals surface area (Å²) < 4.78 is 0. The van der Waals surface area contributed by atoms with Crippen molar-refractivity contribution in [2.24, 2.45) is 0 Å². The molecular formula is C17H27Cl2N3O. The van der Waals surface area contributed by atoms with Crippen LogP contribution >= 0.6 is 24.8 Å². The predicted octanol–water partition coefficient (Wildman–Crippen LogP) is 3.05. The van der Waals surface area contributed by atoms with Crippen LogP contribution in [0, 0.1) is 0 Å². The Morgan fingerprint density at radius 1 is 1.26 bits per heavy atom. The van der Waals surface area contributed by atoms with Gasteiger partial charge in [0, 0.05) is 36.9 Å². The second-order valence-electron chi connectivity index (χ2n) is 6.37. The number of nitrogens with one attached hydrogen (secondary N) is 1. The van der Waals surface area contributed by atoms with Crippen LogP contribution in [-0.2, 0) is 6.42 Å². The Morgan fingerprint density at radius 2 is 2.04 bits per heavy atom. The molecule has 130 valence electrons. The fourth-order valence-electron chi connectivity index (χ4n) is 3.44. The summed E-state index contributed by atoms with van der Waals surface area (Å²) >= 11 is 0. The first kappa shape index (κ1) is 20.1. The number of halogens is 2. The van der Waals surface area contributed by atoms with E-state index in [-0.39, 0.29) is 30.7 Å². The molecule has 1 amide bonds. The lowest BCUT2D eigenvalue weighted by Gasteiger charge is -2.36. The number of piperidine rings is 1. The number of likely N-dealkylation sites (tertiary alicyclic amines) is 1. The highest BCUT2D eigenvalue weighted by molar-refractivity contribution is 5.97. The van der Waals surface area contributed by atoms with Crippen LogP contribution in [0.25, 0.3) is 0 Å². The molecule has 1 fully saturated rings. The summed E-state index contributed by atoms with van der Waals surface area (Å²) in [7, 11) is 4.21. The fraction of sp³-hybridized carbons (Fsp3) is 0.588. The minimum Gasteiger partial charge on any atom is -0.385 e. The molecule has 3 rings (SSSR count). The predicted molar refractivity (Wildman–Crippen MR) is 100 cm³/mol. The number of carbonyl (C=O) groups excluding carboxylic acids is 1. The highest BCUT2D eigenvalue weighted by Crippen LogP contribution is 2.27.